The summed E-state index contributed by atoms with van der Waals surface area (Å²) in [6, 6.07) is 0. The molecule has 1 N–H and O–H groups in total. The maximum atomic E-state index is 11.9. The molecule has 0 amide bonds. The first kappa shape index (κ1) is 17.2. The number of carbonyl (C=O) groups is 1. The van der Waals surface area contributed by atoms with Gasteiger partial charge in [0, 0.05) is 0 Å². The Balaban J connectivity index is 4.21. The van der Waals surface area contributed by atoms with Gasteiger partial charge in [0.05, 0.1) is 26.7 Å². The number of esters is 1. The summed E-state index contributed by atoms with van der Waals surface area (Å²) in [6.45, 7) is 3.38. The molecule has 1 atom stereocenters. The summed E-state index contributed by atoms with van der Waals surface area (Å²) in [5.74, 6) is -0.553. The number of alkyl halides is 3. The number of hydrogen-bond donors (Lipinski definition) is 1. The van der Waals surface area contributed by atoms with Gasteiger partial charge in [0.1, 0.15) is 5.54 Å². The lowest BCUT2D eigenvalue weighted by molar-refractivity contribution is -0.155. The lowest BCUT2D eigenvalue weighted by atomic mass is 10.0. The van der Waals surface area contributed by atoms with E-state index in [1.807, 2.05) is 6.92 Å². The first-order chi connectivity index (χ1) is 8.25. The van der Waals surface area contributed by atoms with E-state index in [1.165, 1.54) is 7.11 Å². The molecule has 0 aliphatic carbocycles. The molecule has 0 fully saturated rings. The Morgan fingerprint density at radius 1 is 1.33 bits per heavy atom. The van der Waals surface area contributed by atoms with E-state index in [0.717, 1.165) is 6.42 Å². The minimum Gasteiger partial charge on any atom is -0.468 e. The van der Waals surface area contributed by atoms with Crippen molar-refractivity contribution in [2.45, 2.75) is 38.4 Å². The summed E-state index contributed by atoms with van der Waals surface area (Å²) in [5.41, 5.74) is -1.11. The van der Waals surface area contributed by atoms with Crippen LogP contribution in [0.25, 0.3) is 0 Å². The molecule has 18 heavy (non-hydrogen) atoms. The largest absolute Gasteiger partial charge is 0.468 e. The summed E-state index contributed by atoms with van der Waals surface area (Å²) in [4.78, 5) is 11.5. The van der Waals surface area contributed by atoms with Crippen molar-refractivity contribution in [1.29, 1.82) is 0 Å². The van der Waals surface area contributed by atoms with E-state index < -0.39 is 30.7 Å². The standard InChI is InChI=1S/C11H20F3NO3/c1-4-6-15-10(2,9(16)17-3)8-18-7-5-11(12,13)14/h15H,4-8H2,1-3H3. The van der Waals surface area contributed by atoms with Crippen LogP contribution < -0.4 is 5.32 Å². The Morgan fingerprint density at radius 2 is 1.94 bits per heavy atom. The smallest absolute Gasteiger partial charge is 0.391 e. The van der Waals surface area contributed by atoms with Crippen molar-refractivity contribution in [2.24, 2.45) is 0 Å². The third-order valence-corrected chi connectivity index (χ3v) is 2.32. The zero-order valence-electron chi connectivity index (χ0n) is 10.9. The number of ether oxygens (including phenoxy) is 2. The number of hydrogen-bond acceptors (Lipinski definition) is 4. The van der Waals surface area contributed by atoms with Crippen molar-refractivity contribution in [3.05, 3.63) is 0 Å². The number of nitrogens with one attached hydrogen (secondary N) is 1. The van der Waals surface area contributed by atoms with Crippen molar-refractivity contribution in [3.8, 4) is 0 Å². The van der Waals surface area contributed by atoms with Gasteiger partial charge in [0.25, 0.3) is 0 Å². The normalized spacial score (nSPS) is 15.2. The van der Waals surface area contributed by atoms with E-state index in [2.05, 4.69) is 10.1 Å². The highest BCUT2D eigenvalue weighted by atomic mass is 19.4. The molecule has 0 heterocycles. The summed E-state index contributed by atoms with van der Waals surface area (Å²) in [5, 5.41) is 2.91. The molecular formula is C11H20F3NO3. The first-order valence-electron chi connectivity index (χ1n) is 5.73. The van der Waals surface area contributed by atoms with Crippen LogP contribution >= 0.6 is 0 Å². The third kappa shape index (κ3) is 6.80. The maximum Gasteiger partial charge on any atom is 0.391 e. The minimum absolute atomic E-state index is 0.157. The average Bonchev–Trinajstić information content (AvgIpc) is 2.30. The fourth-order valence-corrected chi connectivity index (χ4v) is 1.27. The van der Waals surface area contributed by atoms with Gasteiger partial charge in [-0.25, -0.2) is 4.79 Å². The van der Waals surface area contributed by atoms with Crippen LogP contribution in [0.4, 0.5) is 13.2 Å². The van der Waals surface area contributed by atoms with Crippen LogP contribution in [0.15, 0.2) is 0 Å². The predicted octanol–water partition coefficient (Wildman–Crippen LogP) is 1.89. The molecule has 1 unspecified atom stereocenters. The van der Waals surface area contributed by atoms with Crippen molar-refractivity contribution in [2.75, 3.05) is 26.9 Å². The molecule has 0 saturated carbocycles. The molecule has 0 aliphatic heterocycles. The second-order valence-corrected chi connectivity index (χ2v) is 4.17. The van der Waals surface area contributed by atoms with Gasteiger partial charge < -0.3 is 14.8 Å². The Bertz CT molecular complexity index is 258. The summed E-state index contributed by atoms with van der Waals surface area (Å²) in [6.07, 6.45) is -4.49. The topological polar surface area (TPSA) is 47.6 Å². The van der Waals surface area contributed by atoms with Crippen LogP contribution in [0.5, 0.6) is 0 Å². The van der Waals surface area contributed by atoms with Gasteiger partial charge in [0.15, 0.2) is 0 Å². The highest BCUT2D eigenvalue weighted by Crippen LogP contribution is 2.19. The Kier molecular flexibility index (Phi) is 7.23. The molecule has 0 bridgehead atoms. The van der Waals surface area contributed by atoms with E-state index in [1.54, 1.807) is 6.92 Å². The minimum atomic E-state index is -4.25. The Hall–Kier alpha value is -0.820. The van der Waals surface area contributed by atoms with Gasteiger partial charge in [-0.05, 0) is 19.9 Å². The fraction of sp³-hybridized carbons (Fsp3) is 0.909. The second-order valence-electron chi connectivity index (χ2n) is 4.17. The van der Waals surface area contributed by atoms with Gasteiger partial charge in [-0.1, -0.05) is 6.92 Å². The van der Waals surface area contributed by atoms with Crippen molar-refractivity contribution < 1.29 is 27.4 Å². The molecule has 0 aromatic heterocycles. The molecule has 0 spiro atoms. The highest BCUT2D eigenvalue weighted by molar-refractivity contribution is 5.80. The maximum absolute atomic E-state index is 11.9. The third-order valence-electron chi connectivity index (χ3n) is 2.32. The van der Waals surface area contributed by atoms with Gasteiger partial charge in [0.2, 0.25) is 0 Å². The zero-order chi connectivity index (χ0) is 14.2. The van der Waals surface area contributed by atoms with Crippen LogP contribution in [-0.2, 0) is 14.3 Å². The number of halogens is 3. The molecule has 0 radical (unpaired) electrons. The number of methoxy groups -OCH3 is 1. The lowest BCUT2D eigenvalue weighted by Gasteiger charge is -2.27. The van der Waals surface area contributed by atoms with Gasteiger partial charge in [-0.15, -0.1) is 0 Å². The van der Waals surface area contributed by atoms with E-state index in [-0.39, 0.29) is 6.61 Å². The SMILES string of the molecule is CCCNC(C)(COCCC(F)(F)F)C(=O)OC. The van der Waals surface area contributed by atoms with Crippen molar-refractivity contribution >= 4 is 5.97 Å². The molecule has 0 aromatic carbocycles. The second kappa shape index (κ2) is 7.58. The van der Waals surface area contributed by atoms with E-state index in [4.69, 9.17) is 4.74 Å². The molecule has 4 nitrogen and oxygen atoms in total. The van der Waals surface area contributed by atoms with Crippen molar-refractivity contribution in [3.63, 3.8) is 0 Å². The predicted molar refractivity (Wildman–Crippen MR) is 60.2 cm³/mol. The van der Waals surface area contributed by atoms with E-state index in [9.17, 15) is 18.0 Å². The lowest BCUT2D eigenvalue weighted by Crippen LogP contribution is -2.54. The average molecular weight is 271 g/mol. The molecule has 0 aromatic rings. The van der Waals surface area contributed by atoms with Crippen LogP contribution in [0.3, 0.4) is 0 Å². The molecular weight excluding hydrogens is 251 g/mol. The molecule has 7 heteroatoms. The van der Waals surface area contributed by atoms with Crippen LogP contribution in [-0.4, -0.2) is 44.6 Å². The monoisotopic (exact) mass is 271 g/mol. The molecule has 108 valence electrons. The first-order valence-corrected chi connectivity index (χ1v) is 5.73. The zero-order valence-corrected chi connectivity index (χ0v) is 10.9. The van der Waals surface area contributed by atoms with Gasteiger partial charge in [-0.2, -0.15) is 13.2 Å². The number of rotatable bonds is 8. The molecule has 0 rings (SSSR count). The van der Waals surface area contributed by atoms with E-state index in [0.29, 0.717) is 6.54 Å². The Morgan fingerprint density at radius 3 is 2.39 bits per heavy atom. The quantitative estimate of drug-likeness (QED) is 0.541. The van der Waals surface area contributed by atoms with E-state index >= 15 is 0 Å². The molecule has 0 aliphatic rings. The van der Waals surface area contributed by atoms with Crippen LogP contribution in [0.2, 0.25) is 0 Å². The summed E-state index contributed by atoms with van der Waals surface area (Å²) < 4.78 is 45.3. The van der Waals surface area contributed by atoms with Crippen LogP contribution in [0, 0.1) is 0 Å². The summed E-state index contributed by atoms with van der Waals surface area (Å²) >= 11 is 0. The fourth-order valence-electron chi connectivity index (χ4n) is 1.27. The van der Waals surface area contributed by atoms with Gasteiger partial charge in [-0.3, -0.25) is 0 Å². The van der Waals surface area contributed by atoms with Crippen LogP contribution in [0.1, 0.15) is 26.7 Å². The Labute approximate surface area is 105 Å². The number of carbonyl (C=O) groups excluding carboxylic acids is 1. The highest BCUT2D eigenvalue weighted by Gasteiger charge is 2.34. The molecule has 0 saturated heterocycles. The van der Waals surface area contributed by atoms with Gasteiger partial charge >= 0.3 is 12.1 Å². The summed E-state index contributed by atoms with van der Waals surface area (Å²) in [7, 11) is 1.23. The van der Waals surface area contributed by atoms with Crippen molar-refractivity contribution in [1.82, 2.24) is 5.32 Å².